The minimum atomic E-state index is -3.67. The number of hydrogen-bond donors (Lipinski definition) is 1. The van der Waals surface area contributed by atoms with Gasteiger partial charge in [0.1, 0.15) is 12.3 Å². The van der Waals surface area contributed by atoms with E-state index in [-0.39, 0.29) is 11.4 Å². The number of rotatable bonds is 8. The molecule has 1 saturated heterocycles. The molecule has 1 fully saturated rings. The van der Waals surface area contributed by atoms with Crippen LogP contribution in [0.4, 0.5) is 5.69 Å². The average Bonchev–Trinajstić information content (AvgIpc) is 3.24. The Kier molecular flexibility index (Phi) is 6.71. The highest BCUT2D eigenvalue weighted by Crippen LogP contribution is 2.24. The first-order valence-electron chi connectivity index (χ1n) is 9.64. The van der Waals surface area contributed by atoms with Gasteiger partial charge in [-0.1, -0.05) is 19.1 Å². The molecule has 9 heteroatoms. The van der Waals surface area contributed by atoms with Crippen LogP contribution in [0.15, 0.2) is 52.3 Å². The maximum atomic E-state index is 12.7. The number of para-hydroxylation sites is 2. The van der Waals surface area contributed by atoms with Gasteiger partial charge in [-0.15, -0.1) is 0 Å². The lowest BCUT2D eigenvalue weighted by Gasteiger charge is -2.16. The number of ether oxygens (including phenoxy) is 1. The Hall–Kier alpha value is -2.65. The second-order valence-electron chi connectivity index (χ2n) is 6.83. The summed E-state index contributed by atoms with van der Waals surface area (Å²) in [6, 6.07) is 9.50. The second-order valence-corrected chi connectivity index (χ2v) is 8.77. The van der Waals surface area contributed by atoms with Gasteiger partial charge in [0.15, 0.2) is 0 Å². The van der Waals surface area contributed by atoms with E-state index < -0.39 is 21.5 Å². The Morgan fingerprint density at radius 3 is 2.59 bits per heavy atom. The van der Waals surface area contributed by atoms with Crippen molar-refractivity contribution >= 4 is 21.6 Å². The molecule has 1 amide bonds. The van der Waals surface area contributed by atoms with Crippen LogP contribution in [0.25, 0.3) is 0 Å². The summed E-state index contributed by atoms with van der Waals surface area (Å²) in [5.41, 5.74) is 0.0517. The van der Waals surface area contributed by atoms with Gasteiger partial charge in [-0.2, -0.15) is 4.31 Å². The molecular formula is C20H25N3O5S. The molecule has 1 aliphatic heterocycles. The van der Waals surface area contributed by atoms with Crippen molar-refractivity contribution in [3.05, 3.63) is 52.9 Å². The molecule has 156 valence electrons. The van der Waals surface area contributed by atoms with Gasteiger partial charge in [-0.3, -0.25) is 9.59 Å². The third-order valence-electron chi connectivity index (χ3n) is 4.60. The Morgan fingerprint density at radius 2 is 1.86 bits per heavy atom. The maximum Gasteiger partial charge on any atom is 0.251 e. The van der Waals surface area contributed by atoms with Crippen LogP contribution in [0.1, 0.15) is 26.2 Å². The lowest BCUT2D eigenvalue weighted by atomic mass is 10.3. The van der Waals surface area contributed by atoms with E-state index in [1.165, 1.54) is 22.6 Å². The van der Waals surface area contributed by atoms with Crippen LogP contribution in [-0.4, -0.2) is 42.9 Å². The summed E-state index contributed by atoms with van der Waals surface area (Å²) in [5, 5.41) is 2.72. The van der Waals surface area contributed by atoms with Crippen molar-refractivity contribution in [2.24, 2.45) is 0 Å². The molecule has 3 rings (SSSR count). The number of benzene rings is 1. The van der Waals surface area contributed by atoms with Crippen LogP contribution >= 0.6 is 0 Å². The Bertz CT molecular complexity index is 1030. The number of anilines is 1. The molecular weight excluding hydrogens is 394 g/mol. The van der Waals surface area contributed by atoms with Crippen LogP contribution in [-0.2, 0) is 21.4 Å². The molecule has 1 aromatic heterocycles. The van der Waals surface area contributed by atoms with Crippen LogP contribution in [0.5, 0.6) is 5.75 Å². The van der Waals surface area contributed by atoms with E-state index in [2.05, 4.69) is 5.32 Å². The van der Waals surface area contributed by atoms with Gasteiger partial charge in [0.05, 0.1) is 17.2 Å². The van der Waals surface area contributed by atoms with Gasteiger partial charge in [0.2, 0.25) is 15.9 Å². The third kappa shape index (κ3) is 5.04. The van der Waals surface area contributed by atoms with Crippen LogP contribution in [0, 0.1) is 0 Å². The normalized spacial score (nSPS) is 14.7. The van der Waals surface area contributed by atoms with Crippen molar-refractivity contribution in [2.45, 2.75) is 37.6 Å². The zero-order valence-corrected chi connectivity index (χ0v) is 17.2. The fourth-order valence-electron chi connectivity index (χ4n) is 3.12. The molecule has 29 heavy (non-hydrogen) atoms. The van der Waals surface area contributed by atoms with Crippen LogP contribution in [0.2, 0.25) is 0 Å². The molecule has 0 unspecified atom stereocenters. The predicted octanol–water partition coefficient (Wildman–Crippen LogP) is 2.06. The van der Waals surface area contributed by atoms with E-state index in [9.17, 15) is 18.0 Å². The highest BCUT2D eigenvalue weighted by molar-refractivity contribution is 7.89. The zero-order valence-electron chi connectivity index (χ0n) is 16.3. The molecule has 0 radical (unpaired) electrons. The van der Waals surface area contributed by atoms with E-state index in [1.54, 1.807) is 24.3 Å². The van der Waals surface area contributed by atoms with Crippen molar-refractivity contribution < 1.29 is 17.9 Å². The number of nitrogens with one attached hydrogen (secondary N) is 1. The van der Waals surface area contributed by atoms with Gasteiger partial charge in [-0.05, 0) is 37.5 Å². The van der Waals surface area contributed by atoms with E-state index in [0.717, 1.165) is 23.8 Å². The number of aromatic nitrogens is 1. The molecule has 8 nitrogen and oxygen atoms in total. The fourth-order valence-corrected chi connectivity index (χ4v) is 4.65. The maximum absolute atomic E-state index is 12.7. The van der Waals surface area contributed by atoms with Crippen LogP contribution in [0.3, 0.4) is 0 Å². The summed E-state index contributed by atoms with van der Waals surface area (Å²) in [4.78, 5) is 24.7. The number of sulfonamides is 1. The highest BCUT2D eigenvalue weighted by Gasteiger charge is 2.27. The second kappa shape index (κ2) is 9.23. The van der Waals surface area contributed by atoms with Gasteiger partial charge >= 0.3 is 0 Å². The summed E-state index contributed by atoms with van der Waals surface area (Å²) in [5.74, 6) is 0.0933. The van der Waals surface area contributed by atoms with Gasteiger partial charge in [0, 0.05) is 25.4 Å². The first kappa shape index (κ1) is 21.1. The SMILES string of the molecule is CCCOc1ccccc1NC(=O)Cn1cc(S(=O)(=O)N2CCCC2)ccc1=O. The predicted molar refractivity (Wildman–Crippen MR) is 110 cm³/mol. The fraction of sp³-hybridized carbons (Fsp3) is 0.400. The van der Waals surface area contributed by atoms with Crippen molar-refractivity contribution in [1.29, 1.82) is 0 Å². The van der Waals surface area contributed by atoms with E-state index in [0.29, 0.717) is 31.1 Å². The average molecular weight is 420 g/mol. The first-order valence-corrected chi connectivity index (χ1v) is 11.1. The van der Waals surface area contributed by atoms with Crippen molar-refractivity contribution in [3.8, 4) is 5.75 Å². The van der Waals surface area contributed by atoms with Gasteiger partial charge in [0.25, 0.3) is 5.56 Å². The Morgan fingerprint density at radius 1 is 1.14 bits per heavy atom. The summed E-state index contributed by atoms with van der Waals surface area (Å²) < 4.78 is 33.5. The molecule has 1 aliphatic rings. The summed E-state index contributed by atoms with van der Waals surface area (Å²) in [6.45, 7) is 3.14. The highest BCUT2D eigenvalue weighted by atomic mass is 32.2. The number of amides is 1. The number of carbonyl (C=O) groups is 1. The minimum Gasteiger partial charge on any atom is -0.491 e. The number of nitrogens with zero attached hydrogens (tertiary/aromatic N) is 2. The molecule has 1 N–H and O–H groups in total. The quantitative estimate of drug-likeness (QED) is 0.706. The third-order valence-corrected chi connectivity index (χ3v) is 6.48. The Balaban J connectivity index is 1.77. The molecule has 0 atom stereocenters. The van der Waals surface area contributed by atoms with Crippen molar-refractivity contribution in [1.82, 2.24) is 8.87 Å². The molecule has 1 aromatic carbocycles. The van der Waals surface area contributed by atoms with Crippen LogP contribution < -0.4 is 15.6 Å². The monoisotopic (exact) mass is 419 g/mol. The Labute approximate surface area is 170 Å². The first-order chi connectivity index (χ1) is 13.9. The summed E-state index contributed by atoms with van der Waals surface area (Å²) in [7, 11) is -3.67. The lowest BCUT2D eigenvalue weighted by Crippen LogP contribution is -2.31. The zero-order chi connectivity index (χ0) is 20.9. The number of carbonyl (C=O) groups excluding carboxylic acids is 1. The van der Waals surface area contributed by atoms with Crippen molar-refractivity contribution in [2.75, 3.05) is 25.0 Å². The largest absolute Gasteiger partial charge is 0.491 e. The van der Waals surface area contributed by atoms with Gasteiger partial charge < -0.3 is 14.6 Å². The van der Waals surface area contributed by atoms with Gasteiger partial charge in [-0.25, -0.2) is 8.42 Å². The van der Waals surface area contributed by atoms with E-state index in [1.807, 2.05) is 6.92 Å². The molecule has 0 saturated carbocycles. The summed E-state index contributed by atoms with van der Waals surface area (Å²) in [6.07, 6.45) is 3.70. The lowest BCUT2D eigenvalue weighted by molar-refractivity contribution is -0.116. The molecule has 0 bridgehead atoms. The van der Waals surface area contributed by atoms with E-state index in [4.69, 9.17) is 4.74 Å². The summed E-state index contributed by atoms with van der Waals surface area (Å²) >= 11 is 0. The van der Waals surface area contributed by atoms with Crippen molar-refractivity contribution in [3.63, 3.8) is 0 Å². The minimum absolute atomic E-state index is 0.0125. The smallest absolute Gasteiger partial charge is 0.251 e. The molecule has 2 aromatic rings. The number of hydrogen-bond acceptors (Lipinski definition) is 5. The number of pyridine rings is 1. The van der Waals surface area contributed by atoms with E-state index >= 15 is 0 Å². The standard InChI is InChI=1S/C20H25N3O5S/c1-2-13-28-18-8-4-3-7-17(18)21-19(24)15-22-14-16(9-10-20(22)25)29(26,27)23-11-5-6-12-23/h3-4,7-10,14H,2,5-6,11-13,15H2,1H3,(H,21,24). The topological polar surface area (TPSA) is 97.7 Å². The molecule has 2 heterocycles. The molecule has 0 spiro atoms. The molecule has 0 aliphatic carbocycles.